The molecule has 360 valence electrons. The Morgan fingerprint density at radius 1 is 0.344 bits per heavy atom. The first kappa shape index (κ1) is 52.8. The van der Waals surface area contributed by atoms with E-state index in [9.17, 15) is 53.1 Å². The van der Waals surface area contributed by atoms with Crippen molar-refractivity contribution in [3.05, 3.63) is 0 Å². The highest BCUT2D eigenvalue weighted by Crippen LogP contribution is 2.36. The van der Waals surface area contributed by atoms with Crippen LogP contribution in [0.2, 0.25) is 0 Å². The first-order valence-electron chi connectivity index (χ1n) is 19.4. The number of hydrogen-bond acceptors (Lipinski definition) is 26. The standard InChI is InChI=1S/C38H52O26/c1-14(39)50-11-25-28(54-17(4)42)31(57-20(7)45)34(37(62-25)52-13-24-27(53-16(3)41)30(56-19(6)44)33(36(49)61-24)59-22(9)47)64-38-35(60-23(10)48)32(58-21(8)46)29(55-18(5)43)26(63-38)12-51-15(2)40/h24-38,49H,11-13H2,1-10H3/t24-,25-,26-,27-,28-,29-,30+,31+,32+,33-,34-,35-,36-,37-,38+/m1/s1. The molecule has 3 fully saturated rings. The minimum absolute atomic E-state index is 0.690. The molecule has 0 aromatic rings. The fourth-order valence-corrected chi connectivity index (χ4v) is 6.80. The molecule has 0 unspecified atom stereocenters. The molecule has 3 aliphatic rings. The number of hydrogen-bond donors (Lipinski definition) is 1. The largest absolute Gasteiger partial charge is 0.463 e. The Labute approximate surface area is 364 Å². The SMILES string of the molecule is CC(=O)OC[C@H]1O[C@@H](O[C@H]2[C@H](OC[C@H]3O[C@@H](O)[C@H](OC(C)=O)[C@@H](OC(C)=O)[C@@H]3OC(C)=O)O[C@H](COC(C)=O)[C@@H](OC(C)=O)[C@@H]2OC(C)=O)[C@H](OC(C)=O)[C@@H](OC(C)=O)[C@@H]1OC(C)=O. The van der Waals surface area contributed by atoms with Crippen LogP contribution in [0.3, 0.4) is 0 Å². The van der Waals surface area contributed by atoms with Crippen molar-refractivity contribution >= 4 is 59.7 Å². The van der Waals surface area contributed by atoms with Gasteiger partial charge in [-0.25, -0.2) is 0 Å². The van der Waals surface area contributed by atoms with Crippen LogP contribution in [0.15, 0.2) is 0 Å². The molecule has 3 heterocycles. The summed E-state index contributed by atoms with van der Waals surface area (Å²) >= 11 is 0. The third-order valence-corrected chi connectivity index (χ3v) is 8.83. The summed E-state index contributed by atoms with van der Waals surface area (Å²) in [5, 5.41) is 11.0. The van der Waals surface area contributed by atoms with Crippen LogP contribution < -0.4 is 0 Å². The molecular formula is C38H52O26. The van der Waals surface area contributed by atoms with Crippen molar-refractivity contribution in [1.29, 1.82) is 0 Å². The van der Waals surface area contributed by atoms with E-state index in [1.807, 2.05) is 0 Å². The highest BCUT2D eigenvalue weighted by molar-refractivity contribution is 5.70. The van der Waals surface area contributed by atoms with Crippen molar-refractivity contribution in [3.63, 3.8) is 0 Å². The van der Waals surface area contributed by atoms with Crippen LogP contribution in [0.1, 0.15) is 69.2 Å². The molecule has 0 aliphatic carbocycles. The summed E-state index contributed by atoms with van der Waals surface area (Å²) in [6.07, 6.45) is -26.7. The molecule has 0 aromatic heterocycles. The van der Waals surface area contributed by atoms with E-state index >= 15 is 0 Å². The van der Waals surface area contributed by atoms with E-state index in [0.29, 0.717) is 0 Å². The third-order valence-electron chi connectivity index (χ3n) is 8.83. The molecule has 1 N–H and O–H groups in total. The van der Waals surface area contributed by atoms with Crippen molar-refractivity contribution in [2.45, 2.75) is 161 Å². The Hall–Kier alpha value is -5.54. The highest BCUT2D eigenvalue weighted by Gasteiger charge is 2.59. The molecule has 3 rings (SSSR count). The number of aliphatic hydroxyl groups is 1. The fourth-order valence-electron chi connectivity index (χ4n) is 6.80. The summed E-state index contributed by atoms with van der Waals surface area (Å²) in [5.41, 5.74) is 0. The van der Waals surface area contributed by atoms with Gasteiger partial charge in [0.2, 0.25) is 0 Å². The zero-order chi connectivity index (χ0) is 48.2. The van der Waals surface area contributed by atoms with Gasteiger partial charge in [0.15, 0.2) is 73.8 Å². The van der Waals surface area contributed by atoms with Crippen molar-refractivity contribution in [2.24, 2.45) is 0 Å². The van der Waals surface area contributed by atoms with Gasteiger partial charge in [-0.15, -0.1) is 0 Å². The molecule has 0 aromatic carbocycles. The molecule has 26 heteroatoms. The van der Waals surface area contributed by atoms with Crippen molar-refractivity contribution in [3.8, 4) is 0 Å². The molecule has 64 heavy (non-hydrogen) atoms. The summed E-state index contributed by atoms with van der Waals surface area (Å²) in [4.78, 5) is 123. The van der Waals surface area contributed by atoms with Gasteiger partial charge in [0.1, 0.15) is 31.5 Å². The summed E-state index contributed by atoms with van der Waals surface area (Å²) in [5.74, 6) is -9.51. The Balaban J connectivity index is 2.25. The van der Waals surface area contributed by atoms with Gasteiger partial charge in [-0.2, -0.15) is 0 Å². The smallest absolute Gasteiger partial charge is 0.303 e. The second-order valence-corrected chi connectivity index (χ2v) is 14.3. The van der Waals surface area contributed by atoms with Crippen molar-refractivity contribution in [1.82, 2.24) is 0 Å². The minimum Gasteiger partial charge on any atom is -0.463 e. The molecule has 0 bridgehead atoms. The quantitative estimate of drug-likeness (QED) is 0.123. The fraction of sp³-hybridized carbons (Fsp3) is 0.737. The van der Waals surface area contributed by atoms with E-state index in [1.165, 1.54) is 0 Å². The van der Waals surface area contributed by atoms with Crippen LogP contribution in [-0.2, 0) is 119 Å². The van der Waals surface area contributed by atoms with Crippen LogP contribution in [0.25, 0.3) is 0 Å². The maximum Gasteiger partial charge on any atom is 0.303 e. The molecule has 0 spiro atoms. The van der Waals surface area contributed by atoms with Crippen LogP contribution in [0.4, 0.5) is 0 Å². The first-order chi connectivity index (χ1) is 29.9. The molecule has 26 nitrogen and oxygen atoms in total. The van der Waals surface area contributed by atoms with Crippen LogP contribution >= 0.6 is 0 Å². The minimum atomic E-state index is -2.05. The van der Waals surface area contributed by atoms with E-state index in [4.69, 9.17) is 71.1 Å². The Kier molecular flexibility index (Phi) is 19.8. The number of rotatable bonds is 17. The summed E-state index contributed by atoms with van der Waals surface area (Å²) in [6, 6.07) is 0. The van der Waals surface area contributed by atoms with E-state index < -0.39 is 172 Å². The molecule has 0 radical (unpaired) electrons. The lowest BCUT2D eigenvalue weighted by Gasteiger charge is -2.49. The Morgan fingerprint density at radius 2 is 0.641 bits per heavy atom. The van der Waals surface area contributed by atoms with Gasteiger partial charge in [0.05, 0.1) is 6.61 Å². The summed E-state index contributed by atoms with van der Waals surface area (Å²) in [7, 11) is 0. The van der Waals surface area contributed by atoms with Gasteiger partial charge in [-0.1, -0.05) is 0 Å². The van der Waals surface area contributed by atoms with Crippen molar-refractivity contribution < 1.29 is 124 Å². The van der Waals surface area contributed by atoms with Gasteiger partial charge in [-0.05, 0) is 0 Å². The van der Waals surface area contributed by atoms with E-state index in [2.05, 4.69) is 0 Å². The maximum atomic E-state index is 12.8. The second kappa shape index (κ2) is 23.9. The monoisotopic (exact) mass is 924 g/mol. The van der Waals surface area contributed by atoms with Gasteiger partial charge < -0.3 is 76.2 Å². The number of esters is 10. The first-order valence-corrected chi connectivity index (χ1v) is 19.4. The summed E-state index contributed by atoms with van der Waals surface area (Å²) < 4.78 is 84.0. The number of ether oxygens (including phenoxy) is 15. The number of carbonyl (C=O) groups is 10. The predicted octanol–water partition coefficient (Wildman–Crippen LogP) is -1.86. The van der Waals surface area contributed by atoms with E-state index in [-0.39, 0.29) is 0 Å². The molecular weight excluding hydrogens is 872 g/mol. The van der Waals surface area contributed by atoms with E-state index in [0.717, 1.165) is 69.2 Å². The lowest BCUT2D eigenvalue weighted by atomic mass is 9.96. The highest BCUT2D eigenvalue weighted by atomic mass is 16.8. The lowest BCUT2D eigenvalue weighted by Crippen LogP contribution is -2.67. The van der Waals surface area contributed by atoms with Crippen LogP contribution in [-0.4, -0.2) is 177 Å². The number of aliphatic hydroxyl groups excluding tert-OH is 1. The summed E-state index contributed by atoms with van der Waals surface area (Å²) in [6.45, 7) is 7.66. The van der Waals surface area contributed by atoms with Crippen molar-refractivity contribution in [2.75, 3.05) is 19.8 Å². The Morgan fingerprint density at radius 3 is 1.02 bits per heavy atom. The number of carbonyl (C=O) groups excluding carboxylic acids is 10. The molecule has 3 saturated heterocycles. The second-order valence-electron chi connectivity index (χ2n) is 14.3. The average Bonchev–Trinajstić information content (AvgIpc) is 3.14. The third kappa shape index (κ3) is 15.6. The molecule has 0 amide bonds. The zero-order valence-corrected chi connectivity index (χ0v) is 36.4. The Bertz CT molecular complexity index is 1730. The molecule has 15 atom stereocenters. The zero-order valence-electron chi connectivity index (χ0n) is 36.4. The van der Waals surface area contributed by atoms with Gasteiger partial charge >= 0.3 is 59.7 Å². The van der Waals surface area contributed by atoms with E-state index in [1.54, 1.807) is 0 Å². The van der Waals surface area contributed by atoms with Gasteiger partial charge in [0.25, 0.3) is 0 Å². The van der Waals surface area contributed by atoms with Crippen LogP contribution in [0.5, 0.6) is 0 Å². The van der Waals surface area contributed by atoms with Gasteiger partial charge in [-0.3, -0.25) is 47.9 Å². The van der Waals surface area contributed by atoms with Gasteiger partial charge in [0, 0.05) is 69.2 Å². The average molecular weight is 925 g/mol. The van der Waals surface area contributed by atoms with Crippen LogP contribution in [0, 0.1) is 0 Å². The lowest BCUT2D eigenvalue weighted by molar-refractivity contribution is -0.373. The molecule has 0 saturated carbocycles. The maximum absolute atomic E-state index is 12.8. The molecule has 3 aliphatic heterocycles. The topological polar surface area (TPSA) is 329 Å². The normalized spacial score (nSPS) is 32.3. The predicted molar refractivity (Wildman–Crippen MR) is 197 cm³/mol.